The van der Waals surface area contributed by atoms with E-state index in [9.17, 15) is 22.8 Å². The van der Waals surface area contributed by atoms with E-state index in [2.05, 4.69) is 21.3 Å². The Morgan fingerprint density at radius 1 is 1.22 bits per heavy atom. The second kappa shape index (κ2) is 8.27. The van der Waals surface area contributed by atoms with Crippen LogP contribution in [0.25, 0.3) is 0 Å². The molecule has 0 spiro atoms. The lowest BCUT2D eigenvalue weighted by atomic mass is 9.86. The first kappa shape index (κ1) is 21.6. The first-order chi connectivity index (χ1) is 15.3. The summed E-state index contributed by atoms with van der Waals surface area (Å²) in [5.74, 6) is -0.410. The number of amides is 3. The van der Waals surface area contributed by atoms with Gasteiger partial charge in [-0.25, -0.2) is 4.79 Å². The zero-order valence-corrected chi connectivity index (χ0v) is 18.0. The third-order valence-corrected chi connectivity index (χ3v) is 7.79. The summed E-state index contributed by atoms with van der Waals surface area (Å²) in [6.07, 6.45) is -2.03. The predicted molar refractivity (Wildman–Crippen MR) is 115 cm³/mol. The Bertz CT molecular complexity index is 963. The van der Waals surface area contributed by atoms with Gasteiger partial charge in [-0.2, -0.15) is 13.2 Å². The van der Waals surface area contributed by atoms with Crippen molar-refractivity contribution in [3.8, 4) is 0 Å². The second-order valence-corrected chi connectivity index (χ2v) is 9.63. The number of urea groups is 1. The minimum Gasteiger partial charge on any atom is -0.348 e. The molecule has 0 aromatic heterocycles. The van der Waals surface area contributed by atoms with Gasteiger partial charge < -0.3 is 21.3 Å². The molecule has 1 aromatic carbocycles. The van der Waals surface area contributed by atoms with Crippen LogP contribution in [0.2, 0.25) is 0 Å². The molecule has 4 aliphatic heterocycles. The lowest BCUT2D eigenvalue weighted by Crippen LogP contribution is -2.62. The van der Waals surface area contributed by atoms with E-state index >= 15 is 0 Å². The fourth-order valence-electron chi connectivity index (χ4n) is 4.98. The molecule has 5 rings (SSSR count). The quantitative estimate of drug-likeness (QED) is 0.549. The fourth-order valence-corrected chi connectivity index (χ4v) is 6.38. The van der Waals surface area contributed by atoms with Crippen LogP contribution in [-0.2, 0) is 11.0 Å². The highest BCUT2D eigenvalue weighted by Gasteiger charge is 2.52. The van der Waals surface area contributed by atoms with Gasteiger partial charge in [-0.1, -0.05) is 17.8 Å². The molecule has 32 heavy (non-hydrogen) atoms. The van der Waals surface area contributed by atoms with Crippen molar-refractivity contribution in [2.24, 2.45) is 5.92 Å². The SMILES string of the molecule is O=C(N[C@@H]1CCCNC1)C1=C2NC(=O)N(c3cccc(C(F)(F)F)c3)C3CCNC(S1)C23. The Hall–Kier alpha value is -2.24. The van der Waals surface area contributed by atoms with Crippen molar-refractivity contribution in [2.75, 3.05) is 24.5 Å². The number of carbonyl (C=O) groups excluding carboxylic acids is 2. The van der Waals surface area contributed by atoms with Gasteiger partial charge in [0.2, 0.25) is 0 Å². The number of nitrogens with zero attached hydrogens (tertiary/aromatic N) is 1. The first-order valence-corrected chi connectivity index (χ1v) is 11.6. The molecular formula is C21H24F3N5O2S. The van der Waals surface area contributed by atoms with Crippen molar-refractivity contribution in [2.45, 2.75) is 42.9 Å². The van der Waals surface area contributed by atoms with E-state index < -0.39 is 17.8 Å². The monoisotopic (exact) mass is 467 g/mol. The minimum atomic E-state index is -4.49. The maximum Gasteiger partial charge on any atom is 0.416 e. The number of carbonyl (C=O) groups is 2. The summed E-state index contributed by atoms with van der Waals surface area (Å²) in [7, 11) is 0. The first-order valence-electron chi connectivity index (χ1n) is 10.8. The van der Waals surface area contributed by atoms with Crippen LogP contribution in [-0.4, -0.2) is 49.0 Å². The van der Waals surface area contributed by atoms with Gasteiger partial charge >= 0.3 is 12.2 Å². The van der Waals surface area contributed by atoms with E-state index in [0.717, 1.165) is 31.5 Å². The summed E-state index contributed by atoms with van der Waals surface area (Å²) in [6.45, 7) is 2.25. The topological polar surface area (TPSA) is 85.5 Å². The van der Waals surface area contributed by atoms with Crippen LogP contribution >= 0.6 is 11.8 Å². The summed E-state index contributed by atoms with van der Waals surface area (Å²) in [4.78, 5) is 28.0. The number of thioether (sulfide) groups is 1. The molecule has 7 nitrogen and oxygen atoms in total. The molecule has 11 heteroatoms. The molecule has 3 fully saturated rings. The number of hydrogen-bond acceptors (Lipinski definition) is 5. The summed E-state index contributed by atoms with van der Waals surface area (Å²) in [5, 5.41) is 12.4. The maximum atomic E-state index is 13.2. The smallest absolute Gasteiger partial charge is 0.348 e. The molecule has 3 unspecified atom stereocenters. The maximum absolute atomic E-state index is 13.2. The van der Waals surface area contributed by atoms with E-state index in [0.29, 0.717) is 30.1 Å². The minimum absolute atomic E-state index is 0.0391. The van der Waals surface area contributed by atoms with E-state index in [1.807, 2.05) is 0 Å². The molecule has 1 aromatic rings. The number of benzene rings is 1. The number of halogens is 3. The zero-order chi connectivity index (χ0) is 22.5. The summed E-state index contributed by atoms with van der Waals surface area (Å²) in [5.41, 5.74) is -0.0125. The Balaban J connectivity index is 1.44. The van der Waals surface area contributed by atoms with Crippen LogP contribution in [0.5, 0.6) is 0 Å². The van der Waals surface area contributed by atoms with Crippen molar-refractivity contribution in [1.82, 2.24) is 21.3 Å². The fraction of sp³-hybridized carbons (Fsp3) is 0.524. The lowest BCUT2D eigenvalue weighted by Gasteiger charge is -2.45. The van der Waals surface area contributed by atoms with Gasteiger partial charge in [0.25, 0.3) is 5.91 Å². The largest absolute Gasteiger partial charge is 0.416 e. The molecule has 4 aliphatic rings. The summed E-state index contributed by atoms with van der Waals surface area (Å²) < 4.78 is 39.7. The van der Waals surface area contributed by atoms with Gasteiger partial charge in [-0.05, 0) is 50.6 Å². The van der Waals surface area contributed by atoms with Crippen LogP contribution < -0.4 is 26.2 Å². The standard InChI is InChI=1S/C21H24F3N5O2S/c22-21(23,24)11-3-1-5-13(9-11)29-14-6-8-26-19-15(14)16(28-20(29)31)17(32-19)18(30)27-12-4-2-7-25-10-12/h1,3,5,9,12,14-15,19,25-26H,2,4,6-8,10H2,(H,27,30)(H,28,31)/t12-,14?,15?,19?/m1/s1. The second-order valence-electron chi connectivity index (χ2n) is 8.48. The number of alkyl halides is 3. The van der Waals surface area contributed by atoms with E-state index in [1.54, 1.807) is 0 Å². The van der Waals surface area contributed by atoms with Crippen molar-refractivity contribution >= 4 is 29.4 Å². The Labute approximate surface area is 187 Å². The highest BCUT2D eigenvalue weighted by Crippen LogP contribution is 2.48. The molecule has 0 radical (unpaired) electrons. The molecule has 4 N–H and O–H groups in total. The molecule has 3 saturated heterocycles. The number of hydrogen-bond donors (Lipinski definition) is 4. The number of rotatable bonds is 3. The molecule has 172 valence electrons. The summed E-state index contributed by atoms with van der Waals surface area (Å²) >= 11 is 1.39. The lowest BCUT2D eigenvalue weighted by molar-refractivity contribution is -0.137. The van der Waals surface area contributed by atoms with Crippen LogP contribution in [0.15, 0.2) is 34.9 Å². The van der Waals surface area contributed by atoms with E-state index in [1.165, 1.54) is 28.8 Å². The Morgan fingerprint density at radius 3 is 2.81 bits per heavy atom. The average Bonchev–Trinajstić information content (AvgIpc) is 3.14. The highest BCUT2D eigenvalue weighted by atomic mass is 32.2. The van der Waals surface area contributed by atoms with Crippen molar-refractivity contribution < 1.29 is 22.8 Å². The van der Waals surface area contributed by atoms with Crippen molar-refractivity contribution in [3.63, 3.8) is 0 Å². The summed E-state index contributed by atoms with van der Waals surface area (Å²) in [6, 6.07) is 4.04. The normalized spacial score (nSPS) is 30.1. The molecule has 4 heterocycles. The van der Waals surface area contributed by atoms with Crippen LogP contribution in [0, 0.1) is 5.92 Å². The van der Waals surface area contributed by atoms with Crippen LogP contribution in [0.4, 0.5) is 23.7 Å². The molecular weight excluding hydrogens is 443 g/mol. The number of anilines is 1. The van der Waals surface area contributed by atoms with E-state index in [-0.39, 0.29) is 35.0 Å². The molecule has 4 atom stereocenters. The van der Waals surface area contributed by atoms with E-state index in [4.69, 9.17) is 0 Å². The predicted octanol–water partition coefficient (Wildman–Crippen LogP) is 2.37. The van der Waals surface area contributed by atoms with Gasteiger partial charge in [-0.3, -0.25) is 9.69 Å². The molecule has 0 aliphatic carbocycles. The number of piperidine rings is 2. The van der Waals surface area contributed by atoms with Crippen LogP contribution in [0.3, 0.4) is 0 Å². The van der Waals surface area contributed by atoms with Crippen molar-refractivity contribution in [1.29, 1.82) is 0 Å². The van der Waals surface area contributed by atoms with Crippen molar-refractivity contribution in [3.05, 3.63) is 40.4 Å². The van der Waals surface area contributed by atoms with Crippen LogP contribution in [0.1, 0.15) is 24.8 Å². The zero-order valence-electron chi connectivity index (χ0n) is 17.2. The molecule has 3 amide bonds. The Kier molecular flexibility index (Phi) is 5.58. The molecule has 0 saturated carbocycles. The van der Waals surface area contributed by atoms with Gasteiger partial charge in [-0.15, -0.1) is 0 Å². The molecule has 0 bridgehead atoms. The van der Waals surface area contributed by atoms with Gasteiger partial charge in [0, 0.05) is 29.9 Å². The third kappa shape index (κ3) is 3.86. The number of nitrogens with one attached hydrogen (secondary N) is 4. The highest BCUT2D eigenvalue weighted by molar-refractivity contribution is 8.04. The Morgan fingerprint density at radius 2 is 2.06 bits per heavy atom. The third-order valence-electron chi connectivity index (χ3n) is 6.43. The van der Waals surface area contributed by atoms with Gasteiger partial charge in [0.15, 0.2) is 0 Å². The average molecular weight is 468 g/mol. The van der Waals surface area contributed by atoms with Gasteiger partial charge in [0.1, 0.15) is 0 Å². The van der Waals surface area contributed by atoms with Gasteiger partial charge in [0.05, 0.1) is 21.9 Å².